The molecule has 5 heteroatoms. The number of piperazine rings is 1. The van der Waals surface area contributed by atoms with Gasteiger partial charge in [0.15, 0.2) is 0 Å². The van der Waals surface area contributed by atoms with Gasteiger partial charge in [0, 0.05) is 39.3 Å². The largest absolute Gasteiger partial charge is 0.491 e. The van der Waals surface area contributed by atoms with Crippen molar-refractivity contribution < 1.29 is 14.6 Å². The number of ether oxygens (including phenoxy) is 2. The van der Waals surface area contributed by atoms with Crippen LogP contribution in [0.3, 0.4) is 0 Å². The van der Waals surface area contributed by atoms with Crippen molar-refractivity contribution in [2.24, 2.45) is 0 Å². The molecule has 30 heavy (non-hydrogen) atoms. The quantitative estimate of drug-likeness (QED) is 0.573. The van der Waals surface area contributed by atoms with Gasteiger partial charge < -0.3 is 14.6 Å². The van der Waals surface area contributed by atoms with Gasteiger partial charge >= 0.3 is 0 Å². The van der Waals surface area contributed by atoms with E-state index in [0.29, 0.717) is 32.3 Å². The molecule has 164 valence electrons. The van der Waals surface area contributed by atoms with Crippen LogP contribution in [0.25, 0.3) is 0 Å². The summed E-state index contributed by atoms with van der Waals surface area (Å²) in [5.41, 5.74) is 2.57. The van der Waals surface area contributed by atoms with Crippen molar-refractivity contribution in [1.82, 2.24) is 9.80 Å². The van der Waals surface area contributed by atoms with Gasteiger partial charge in [-0.05, 0) is 23.1 Å². The predicted octanol–water partition coefficient (Wildman–Crippen LogP) is 3.38. The highest BCUT2D eigenvalue weighted by Gasteiger charge is 2.19. The Kier molecular flexibility index (Phi) is 9.15. The van der Waals surface area contributed by atoms with Gasteiger partial charge in [0.25, 0.3) is 0 Å². The number of para-hydroxylation sites is 1. The minimum absolute atomic E-state index is 0.347. The maximum absolute atomic E-state index is 10.3. The number of β-amino-alcohol motifs (C(OH)–C–C–N with tert-alkyl or cyclic N) is 1. The number of nitrogens with zero attached hydrogens (tertiary/aromatic N) is 2. The van der Waals surface area contributed by atoms with E-state index in [2.05, 4.69) is 60.0 Å². The van der Waals surface area contributed by atoms with Gasteiger partial charge in [0.1, 0.15) is 12.4 Å². The van der Waals surface area contributed by atoms with E-state index in [1.165, 1.54) is 11.1 Å². The minimum Gasteiger partial charge on any atom is -0.491 e. The Morgan fingerprint density at radius 1 is 0.867 bits per heavy atom. The van der Waals surface area contributed by atoms with Crippen molar-refractivity contribution in [3.05, 3.63) is 65.7 Å². The lowest BCUT2D eigenvalue weighted by molar-refractivity contribution is -0.000507. The van der Waals surface area contributed by atoms with Crippen LogP contribution in [0.2, 0.25) is 0 Å². The van der Waals surface area contributed by atoms with Crippen molar-refractivity contribution in [1.29, 1.82) is 0 Å². The molecule has 1 unspecified atom stereocenters. The van der Waals surface area contributed by atoms with Gasteiger partial charge in [-0.15, -0.1) is 0 Å². The number of hydrogen-bond acceptors (Lipinski definition) is 5. The minimum atomic E-state index is -0.464. The molecule has 0 amide bonds. The zero-order chi connectivity index (χ0) is 21.2. The van der Waals surface area contributed by atoms with Gasteiger partial charge in [-0.1, -0.05) is 62.4 Å². The fourth-order valence-corrected chi connectivity index (χ4v) is 3.84. The summed E-state index contributed by atoms with van der Waals surface area (Å²) in [6, 6.07) is 18.7. The molecule has 5 nitrogen and oxygen atoms in total. The summed E-state index contributed by atoms with van der Waals surface area (Å²) in [5, 5.41) is 10.3. The van der Waals surface area contributed by atoms with Crippen LogP contribution in [-0.2, 0) is 11.3 Å². The Balaban J connectivity index is 1.27. The number of aliphatic hydroxyl groups excluding tert-OH is 1. The first-order valence-electron chi connectivity index (χ1n) is 11.1. The Morgan fingerprint density at radius 2 is 1.53 bits per heavy atom. The molecule has 1 aliphatic heterocycles. The van der Waals surface area contributed by atoms with Crippen LogP contribution in [0, 0.1) is 0 Å². The van der Waals surface area contributed by atoms with Gasteiger partial charge in [0.2, 0.25) is 0 Å². The molecular formula is C25H36N2O3. The number of aliphatic hydroxyl groups is 1. The molecule has 0 saturated carbocycles. The molecular weight excluding hydrogens is 376 g/mol. The lowest BCUT2D eigenvalue weighted by Gasteiger charge is -2.35. The van der Waals surface area contributed by atoms with Crippen LogP contribution >= 0.6 is 0 Å². The van der Waals surface area contributed by atoms with Gasteiger partial charge in [-0.2, -0.15) is 0 Å². The summed E-state index contributed by atoms with van der Waals surface area (Å²) in [4.78, 5) is 4.80. The molecule has 0 spiro atoms. The first-order chi connectivity index (χ1) is 14.6. The second-order valence-corrected chi connectivity index (χ2v) is 8.33. The number of hydrogen-bond donors (Lipinski definition) is 1. The monoisotopic (exact) mass is 412 g/mol. The van der Waals surface area contributed by atoms with E-state index in [4.69, 9.17) is 9.47 Å². The molecule has 1 aliphatic rings. The van der Waals surface area contributed by atoms with Crippen LogP contribution in [0.5, 0.6) is 5.75 Å². The second-order valence-electron chi connectivity index (χ2n) is 8.33. The maximum Gasteiger partial charge on any atom is 0.122 e. The normalized spacial score (nSPS) is 16.7. The van der Waals surface area contributed by atoms with E-state index in [9.17, 15) is 5.11 Å². The van der Waals surface area contributed by atoms with Crippen molar-refractivity contribution in [3.63, 3.8) is 0 Å². The molecule has 1 saturated heterocycles. The van der Waals surface area contributed by atoms with E-state index in [-0.39, 0.29) is 0 Å². The first kappa shape index (κ1) is 22.8. The molecule has 1 heterocycles. The van der Waals surface area contributed by atoms with E-state index in [1.54, 1.807) is 0 Å². The van der Waals surface area contributed by atoms with Gasteiger partial charge in [-0.3, -0.25) is 9.80 Å². The van der Waals surface area contributed by atoms with E-state index in [0.717, 1.165) is 38.5 Å². The van der Waals surface area contributed by atoms with Crippen molar-refractivity contribution in [2.75, 3.05) is 52.5 Å². The summed E-state index contributed by atoms with van der Waals surface area (Å²) < 4.78 is 11.5. The van der Waals surface area contributed by atoms with Crippen LogP contribution < -0.4 is 4.74 Å². The Bertz CT molecular complexity index is 730. The molecule has 3 rings (SSSR count). The summed E-state index contributed by atoms with van der Waals surface area (Å²) >= 11 is 0. The van der Waals surface area contributed by atoms with Crippen LogP contribution in [0.4, 0.5) is 0 Å². The number of benzene rings is 2. The molecule has 1 fully saturated rings. The molecule has 0 radical (unpaired) electrons. The molecule has 1 atom stereocenters. The lowest BCUT2D eigenvalue weighted by Crippen LogP contribution is -2.48. The van der Waals surface area contributed by atoms with Crippen molar-refractivity contribution >= 4 is 0 Å². The molecule has 1 N–H and O–H groups in total. The molecule has 0 aromatic heterocycles. The van der Waals surface area contributed by atoms with E-state index < -0.39 is 6.10 Å². The summed E-state index contributed by atoms with van der Waals surface area (Å²) in [6.07, 6.45) is -0.464. The van der Waals surface area contributed by atoms with Crippen molar-refractivity contribution in [2.45, 2.75) is 32.4 Å². The standard InChI is InChI=1S/C25H36N2O3/c1-21(2)24-10-6-7-11-25(24)30-17-16-29-20-23(28)19-27-14-12-26(13-15-27)18-22-8-4-3-5-9-22/h3-11,21,23,28H,12-20H2,1-2H3. The fourth-order valence-electron chi connectivity index (χ4n) is 3.84. The Hall–Kier alpha value is -1.92. The van der Waals surface area contributed by atoms with Crippen LogP contribution in [0.15, 0.2) is 54.6 Å². The highest BCUT2D eigenvalue weighted by atomic mass is 16.5. The van der Waals surface area contributed by atoms with Crippen LogP contribution in [-0.4, -0.2) is 73.6 Å². The highest BCUT2D eigenvalue weighted by molar-refractivity contribution is 5.35. The average Bonchev–Trinajstić information content (AvgIpc) is 2.76. The third kappa shape index (κ3) is 7.40. The molecule has 2 aromatic rings. The molecule has 0 aliphatic carbocycles. The molecule has 0 bridgehead atoms. The van der Waals surface area contributed by atoms with E-state index in [1.807, 2.05) is 18.2 Å². The fraction of sp³-hybridized carbons (Fsp3) is 0.520. The summed E-state index contributed by atoms with van der Waals surface area (Å²) in [7, 11) is 0. The third-order valence-corrected chi connectivity index (χ3v) is 5.52. The Labute approximate surface area is 181 Å². The van der Waals surface area contributed by atoms with Gasteiger partial charge in [-0.25, -0.2) is 0 Å². The predicted molar refractivity (Wildman–Crippen MR) is 121 cm³/mol. The SMILES string of the molecule is CC(C)c1ccccc1OCCOCC(O)CN1CCN(Cc2ccccc2)CC1. The highest BCUT2D eigenvalue weighted by Crippen LogP contribution is 2.25. The number of rotatable bonds is 11. The first-order valence-corrected chi connectivity index (χ1v) is 11.1. The van der Waals surface area contributed by atoms with E-state index >= 15 is 0 Å². The summed E-state index contributed by atoms with van der Waals surface area (Å²) in [5.74, 6) is 1.35. The molecule has 2 aromatic carbocycles. The smallest absolute Gasteiger partial charge is 0.122 e. The maximum atomic E-state index is 10.3. The second kappa shape index (κ2) is 12.1. The topological polar surface area (TPSA) is 45.2 Å². The Morgan fingerprint density at radius 3 is 2.27 bits per heavy atom. The van der Waals surface area contributed by atoms with Gasteiger partial charge in [0.05, 0.1) is 19.3 Å². The lowest BCUT2D eigenvalue weighted by atomic mass is 10.0. The zero-order valence-corrected chi connectivity index (χ0v) is 18.4. The summed E-state index contributed by atoms with van der Waals surface area (Å²) in [6.45, 7) is 11.3. The van der Waals surface area contributed by atoms with Crippen LogP contribution in [0.1, 0.15) is 30.9 Å². The van der Waals surface area contributed by atoms with Crippen molar-refractivity contribution in [3.8, 4) is 5.75 Å². The zero-order valence-electron chi connectivity index (χ0n) is 18.4. The third-order valence-electron chi connectivity index (χ3n) is 5.52. The average molecular weight is 413 g/mol.